The summed E-state index contributed by atoms with van der Waals surface area (Å²) in [6.45, 7) is 0.636. The Labute approximate surface area is 205 Å². The van der Waals surface area contributed by atoms with E-state index in [0.29, 0.717) is 34.2 Å². The van der Waals surface area contributed by atoms with Gasteiger partial charge in [0.15, 0.2) is 0 Å². The molecular formula is C24H32Cl2N6O. The van der Waals surface area contributed by atoms with Crippen LogP contribution in [0.4, 0.5) is 22.2 Å². The first-order chi connectivity index (χ1) is 15.9. The van der Waals surface area contributed by atoms with E-state index in [1.54, 1.807) is 18.2 Å². The fourth-order valence-electron chi connectivity index (χ4n) is 4.71. The number of nitrogens with zero attached hydrogens (tertiary/aromatic N) is 3. The number of aryl methyl sites for hydroxylation is 1. The molecule has 0 unspecified atom stereocenters. The van der Waals surface area contributed by atoms with Crippen molar-refractivity contribution in [2.45, 2.75) is 57.4 Å². The van der Waals surface area contributed by atoms with E-state index >= 15 is 0 Å². The van der Waals surface area contributed by atoms with Crippen molar-refractivity contribution in [1.82, 2.24) is 15.3 Å². The van der Waals surface area contributed by atoms with Gasteiger partial charge in [-0.1, -0.05) is 29.3 Å². The molecule has 9 heteroatoms. The van der Waals surface area contributed by atoms with Gasteiger partial charge < -0.3 is 20.9 Å². The van der Waals surface area contributed by atoms with Gasteiger partial charge in [-0.2, -0.15) is 4.98 Å². The fourth-order valence-corrected chi connectivity index (χ4v) is 5.05. The predicted octanol–water partition coefficient (Wildman–Crippen LogP) is 5.52. The van der Waals surface area contributed by atoms with E-state index in [2.05, 4.69) is 34.9 Å². The van der Waals surface area contributed by atoms with Crippen LogP contribution >= 0.6 is 23.2 Å². The number of urea groups is 1. The molecule has 2 aromatic rings. The minimum atomic E-state index is -0.266. The number of hydrogen-bond acceptors (Lipinski definition) is 5. The average Bonchev–Trinajstić information content (AvgIpc) is 2.81. The highest BCUT2D eigenvalue weighted by molar-refractivity contribution is 6.43. The monoisotopic (exact) mass is 490 g/mol. The summed E-state index contributed by atoms with van der Waals surface area (Å²) in [7, 11) is 4.10. The van der Waals surface area contributed by atoms with Crippen molar-refractivity contribution in [1.29, 1.82) is 0 Å². The third-order valence-corrected chi connectivity index (χ3v) is 7.33. The standard InChI is InChI=1S/C24H32Cl2N6O/c1-32(2)22-17-6-3-4-8-19(17)29-23(31-22)28-16-12-10-15(11-13-16)14-27-24(33)30-20-9-5-7-18(25)21(20)26/h5,7,9,15-16H,3-4,6,8,10-14H2,1-2H3,(H2,27,30,33)(H,28,29,31)/t15-,16+. The molecule has 1 heterocycles. The molecule has 1 saturated carbocycles. The Kier molecular flexibility index (Phi) is 7.81. The minimum absolute atomic E-state index is 0.266. The zero-order valence-corrected chi connectivity index (χ0v) is 20.8. The molecule has 2 aliphatic carbocycles. The highest BCUT2D eigenvalue weighted by Crippen LogP contribution is 2.31. The van der Waals surface area contributed by atoms with Crippen LogP contribution in [0.25, 0.3) is 0 Å². The van der Waals surface area contributed by atoms with Crippen molar-refractivity contribution in [3.8, 4) is 0 Å². The zero-order valence-electron chi connectivity index (χ0n) is 19.3. The maximum atomic E-state index is 12.3. The number of nitrogens with one attached hydrogen (secondary N) is 3. The number of carbonyl (C=O) groups is 1. The third kappa shape index (κ3) is 6.01. The van der Waals surface area contributed by atoms with Gasteiger partial charge in [-0.25, -0.2) is 9.78 Å². The number of amides is 2. The smallest absolute Gasteiger partial charge is 0.319 e. The summed E-state index contributed by atoms with van der Waals surface area (Å²) in [5, 5.41) is 10.1. The summed E-state index contributed by atoms with van der Waals surface area (Å²) in [4.78, 5) is 24.0. The van der Waals surface area contributed by atoms with Gasteiger partial charge >= 0.3 is 6.03 Å². The van der Waals surface area contributed by atoms with Gasteiger partial charge in [-0.15, -0.1) is 0 Å². The van der Waals surface area contributed by atoms with E-state index < -0.39 is 0 Å². The molecule has 3 N–H and O–H groups in total. The Morgan fingerprint density at radius 2 is 1.85 bits per heavy atom. The highest BCUT2D eigenvalue weighted by atomic mass is 35.5. The van der Waals surface area contributed by atoms with Gasteiger partial charge in [0, 0.05) is 32.2 Å². The molecule has 0 saturated heterocycles. The van der Waals surface area contributed by atoms with Crippen LogP contribution in [0.5, 0.6) is 0 Å². The molecule has 0 radical (unpaired) electrons. The molecule has 0 spiro atoms. The Hall–Kier alpha value is -2.25. The van der Waals surface area contributed by atoms with E-state index in [1.807, 2.05) is 0 Å². The number of anilines is 3. The molecule has 1 aromatic carbocycles. The second kappa shape index (κ2) is 10.8. The lowest BCUT2D eigenvalue weighted by molar-refractivity contribution is 0.246. The van der Waals surface area contributed by atoms with Crippen molar-refractivity contribution in [3.05, 3.63) is 39.5 Å². The summed E-state index contributed by atoms with van der Waals surface area (Å²) in [5.74, 6) is 2.25. The van der Waals surface area contributed by atoms with E-state index in [1.165, 1.54) is 24.1 Å². The van der Waals surface area contributed by atoms with Crippen LogP contribution in [0.3, 0.4) is 0 Å². The van der Waals surface area contributed by atoms with Crippen LogP contribution in [0.1, 0.15) is 49.8 Å². The molecule has 178 valence electrons. The van der Waals surface area contributed by atoms with Gasteiger partial charge in [0.2, 0.25) is 5.95 Å². The van der Waals surface area contributed by atoms with Crippen molar-refractivity contribution in [3.63, 3.8) is 0 Å². The predicted molar refractivity (Wildman–Crippen MR) is 136 cm³/mol. The Bertz CT molecular complexity index is 991. The van der Waals surface area contributed by atoms with Crippen LogP contribution in [-0.4, -0.2) is 42.7 Å². The molecule has 4 rings (SSSR count). The van der Waals surface area contributed by atoms with Gasteiger partial charge in [0.25, 0.3) is 0 Å². The molecule has 2 aliphatic rings. The second-order valence-electron chi connectivity index (χ2n) is 9.20. The number of carbonyl (C=O) groups excluding carboxylic acids is 1. The summed E-state index contributed by atoms with van der Waals surface area (Å²) >= 11 is 12.1. The molecule has 0 aliphatic heterocycles. The SMILES string of the molecule is CN(C)c1nc(N[C@H]2CC[C@@H](CNC(=O)Nc3cccc(Cl)c3Cl)CC2)nc2c1CCCC2. The zero-order chi connectivity index (χ0) is 23.4. The van der Waals surface area contributed by atoms with Crippen LogP contribution in [-0.2, 0) is 12.8 Å². The van der Waals surface area contributed by atoms with Gasteiger partial charge in [0.05, 0.1) is 21.4 Å². The first-order valence-corrected chi connectivity index (χ1v) is 12.5. The van der Waals surface area contributed by atoms with Crippen LogP contribution in [0.2, 0.25) is 10.0 Å². The molecular weight excluding hydrogens is 459 g/mol. The number of hydrogen-bond donors (Lipinski definition) is 3. The van der Waals surface area contributed by atoms with Gasteiger partial charge in [-0.05, 0) is 69.4 Å². The highest BCUT2D eigenvalue weighted by Gasteiger charge is 2.24. The van der Waals surface area contributed by atoms with Crippen molar-refractivity contribution in [2.75, 3.05) is 36.2 Å². The Morgan fingerprint density at radius 3 is 2.61 bits per heavy atom. The number of fused-ring (bicyclic) bond motifs is 1. The normalized spacial score (nSPS) is 20.0. The lowest BCUT2D eigenvalue weighted by Crippen LogP contribution is -2.36. The maximum absolute atomic E-state index is 12.3. The van der Waals surface area contributed by atoms with Gasteiger partial charge in [0.1, 0.15) is 5.82 Å². The summed E-state index contributed by atoms with van der Waals surface area (Å²) < 4.78 is 0. The largest absolute Gasteiger partial charge is 0.362 e. The first kappa shape index (κ1) is 23.9. The van der Waals surface area contributed by atoms with E-state index in [0.717, 1.165) is 50.3 Å². The summed E-state index contributed by atoms with van der Waals surface area (Å²) in [6.07, 6.45) is 8.67. The van der Waals surface area contributed by atoms with Crippen LogP contribution < -0.4 is 20.9 Å². The number of aromatic nitrogens is 2. The molecule has 2 amide bonds. The van der Waals surface area contributed by atoms with E-state index in [4.69, 9.17) is 33.2 Å². The third-order valence-electron chi connectivity index (χ3n) is 6.52. The topological polar surface area (TPSA) is 82.2 Å². The van der Waals surface area contributed by atoms with Gasteiger partial charge in [-0.3, -0.25) is 0 Å². The van der Waals surface area contributed by atoms with E-state index in [-0.39, 0.29) is 6.03 Å². The number of benzene rings is 1. The number of halogens is 2. The molecule has 0 bridgehead atoms. The minimum Gasteiger partial charge on any atom is -0.362 e. The number of rotatable bonds is 6. The Morgan fingerprint density at radius 1 is 1.09 bits per heavy atom. The summed E-state index contributed by atoms with van der Waals surface area (Å²) in [6, 6.07) is 5.27. The quantitative estimate of drug-likeness (QED) is 0.496. The van der Waals surface area contributed by atoms with Crippen molar-refractivity contribution < 1.29 is 4.79 Å². The molecule has 7 nitrogen and oxygen atoms in total. The van der Waals surface area contributed by atoms with Crippen molar-refractivity contribution >= 4 is 46.7 Å². The summed E-state index contributed by atoms with van der Waals surface area (Å²) in [5.41, 5.74) is 3.02. The molecule has 1 fully saturated rings. The average molecular weight is 491 g/mol. The second-order valence-corrected chi connectivity index (χ2v) is 9.98. The molecule has 1 aromatic heterocycles. The van der Waals surface area contributed by atoms with Crippen LogP contribution in [0.15, 0.2) is 18.2 Å². The first-order valence-electron chi connectivity index (χ1n) is 11.7. The Balaban J connectivity index is 1.26. The van der Waals surface area contributed by atoms with Crippen molar-refractivity contribution in [2.24, 2.45) is 5.92 Å². The lowest BCUT2D eigenvalue weighted by atomic mass is 9.86. The van der Waals surface area contributed by atoms with Crippen LogP contribution in [0, 0.1) is 5.92 Å². The molecule has 0 atom stereocenters. The lowest BCUT2D eigenvalue weighted by Gasteiger charge is -2.30. The molecule has 33 heavy (non-hydrogen) atoms. The van der Waals surface area contributed by atoms with E-state index in [9.17, 15) is 4.79 Å². The maximum Gasteiger partial charge on any atom is 0.319 e. The fraction of sp³-hybridized carbons (Fsp3) is 0.542.